The van der Waals surface area contributed by atoms with Crippen molar-refractivity contribution in [3.8, 4) is 16.6 Å². The summed E-state index contributed by atoms with van der Waals surface area (Å²) in [6, 6.07) is 2.03. The fourth-order valence-corrected chi connectivity index (χ4v) is 5.27. The van der Waals surface area contributed by atoms with E-state index in [0.29, 0.717) is 17.6 Å². The smallest absolute Gasteiger partial charge is 0.172 e. The molecule has 110 valence electrons. The summed E-state index contributed by atoms with van der Waals surface area (Å²) in [6.45, 7) is 0. The number of fused-ring (bicyclic) bond motifs is 2. The summed E-state index contributed by atoms with van der Waals surface area (Å²) in [5, 5.41) is 13.8. The van der Waals surface area contributed by atoms with Crippen molar-refractivity contribution in [3.05, 3.63) is 34.7 Å². The number of hydrogen-bond acceptors (Lipinski definition) is 7. The summed E-state index contributed by atoms with van der Waals surface area (Å²) in [7, 11) is -3.00. The van der Waals surface area contributed by atoms with Crippen molar-refractivity contribution in [2.45, 2.75) is 12.2 Å². The van der Waals surface area contributed by atoms with Crippen LogP contribution in [0.1, 0.15) is 16.1 Å². The SMILES string of the molecule is N#Cc1cnn2cc(-c3nc4c(s3)CS(=O)(=O)CC4)cnc12. The van der Waals surface area contributed by atoms with Crippen molar-refractivity contribution in [1.82, 2.24) is 19.6 Å². The van der Waals surface area contributed by atoms with E-state index in [2.05, 4.69) is 15.1 Å². The second-order valence-electron chi connectivity index (χ2n) is 5.01. The maximum atomic E-state index is 11.7. The minimum absolute atomic E-state index is 0.0655. The molecule has 4 rings (SSSR count). The molecule has 0 fully saturated rings. The van der Waals surface area contributed by atoms with E-state index in [1.165, 1.54) is 22.0 Å². The third-order valence-corrected chi connectivity index (χ3v) is 6.39. The molecule has 3 aromatic heterocycles. The molecule has 0 saturated carbocycles. The Hall–Kier alpha value is -2.31. The van der Waals surface area contributed by atoms with Crippen LogP contribution in [0.3, 0.4) is 0 Å². The highest BCUT2D eigenvalue weighted by molar-refractivity contribution is 7.90. The molecule has 22 heavy (non-hydrogen) atoms. The van der Waals surface area contributed by atoms with Crippen molar-refractivity contribution in [2.75, 3.05) is 5.75 Å². The third kappa shape index (κ3) is 2.08. The molecule has 0 amide bonds. The van der Waals surface area contributed by atoms with E-state index < -0.39 is 9.84 Å². The van der Waals surface area contributed by atoms with Gasteiger partial charge in [-0.05, 0) is 0 Å². The van der Waals surface area contributed by atoms with Crippen LogP contribution in [-0.4, -0.2) is 33.8 Å². The fourth-order valence-electron chi connectivity index (χ4n) is 2.40. The summed E-state index contributed by atoms with van der Waals surface area (Å²) >= 11 is 1.38. The quantitative estimate of drug-likeness (QED) is 0.664. The predicted molar refractivity (Wildman–Crippen MR) is 80.0 cm³/mol. The first-order chi connectivity index (χ1) is 10.6. The van der Waals surface area contributed by atoms with E-state index in [4.69, 9.17) is 5.26 Å². The Morgan fingerprint density at radius 2 is 2.23 bits per heavy atom. The van der Waals surface area contributed by atoms with Crippen LogP contribution in [0.4, 0.5) is 0 Å². The Balaban J connectivity index is 1.80. The van der Waals surface area contributed by atoms with Crippen LogP contribution in [0.15, 0.2) is 18.6 Å². The molecule has 9 heteroatoms. The van der Waals surface area contributed by atoms with Crippen molar-refractivity contribution < 1.29 is 8.42 Å². The van der Waals surface area contributed by atoms with Crippen LogP contribution in [0.25, 0.3) is 16.2 Å². The number of sulfone groups is 1. The van der Waals surface area contributed by atoms with Gasteiger partial charge in [0.25, 0.3) is 0 Å². The third-order valence-electron chi connectivity index (χ3n) is 3.50. The molecule has 0 atom stereocenters. The molecule has 4 heterocycles. The standard InChI is InChI=1S/C13H9N5O2S2/c14-3-8-5-16-18-6-9(4-15-12(8)18)13-17-10-1-2-22(19,20)7-11(10)21-13/h4-6H,1-2,7H2. The highest BCUT2D eigenvalue weighted by atomic mass is 32.2. The summed E-state index contributed by atoms with van der Waals surface area (Å²) in [6.07, 6.45) is 5.31. The normalized spacial score (nSPS) is 16.3. The average molecular weight is 331 g/mol. The van der Waals surface area contributed by atoms with Crippen LogP contribution < -0.4 is 0 Å². The van der Waals surface area contributed by atoms with Gasteiger partial charge in [-0.2, -0.15) is 10.4 Å². The molecule has 0 aliphatic carbocycles. The maximum absolute atomic E-state index is 11.7. The highest BCUT2D eigenvalue weighted by Gasteiger charge is 2.25. The fraction of sp³-hybridized carbons (Fsp3) is 0.231. The molecule has 0 unspecified atom stereocenters. The molecule has 0 spiro atoms. The van der Waals surface area contributed by atoms with Gasteiger partial charge in [0, 0.05) is 29.3 Å². The lowest BCUT2D eigenvalue weighted by Crippen LogP contribution is -2.17. The van der Waals surface area contributed by atoms with Crippen molar-refractivity contribution in [1.29, 1.82) is 5.26 Å². The monoisotopic (exact) mass is 331 g/mol. The van der Waals surface area contributed by atoms with Gasteiger partial charge in [-0.1, -0.05) is 0 Å². The zero-order valence-corrected chi connectivity index (χ0v) is 12.9. The first kappa shape index (κ1) is 13.4. The van der Waals surface area contributed by atoms with E-state index in [1.807, 2.05) is 6.07 Å². The van der Waals surface area contributed by atoms with Crippen LogP contribution in [0.5, 0.6) is 0 Å². The van der Waals surface area contributed by atoms with E-state index in [-0.39, 0.29) is 11.5 Å². The Morgan fingerprint density at radius 1 is 1.36 bits per heavy atom. The Bertz CT molecular complexity index is 1040. The van der Waals surface area contributed by atoms with E-state index >= 15 is 0 Å². The molecular formula is C13H9N5O2S2. The zero-order chi connectivity index (χ0) is 15.3. The minimum atomic E-state index is -3.00. The van der Waals surface area contributed by atoms with Crippen LogP contribution >= 0.6 is 11.3 Å². The predicted octanol–water partition coefficient (Wildman–Crippen LogP) is 1.20. The lowest BCUT2D eigenvalue weighted by molar-refractivity contribution is 0.591. The van der Waals surface area contributed by atoms with Crippen molar-refractivity contribution >= 4 is 26.8 Å². The number of nitrogens with zero attached hydrogens (tertiary/aromatic N) is 5. The first-order valence-electron chi connectivity index (χ1n) is 6.48. The zero-order valence-electron chi connectivity index (χ0n) is 11.2. The molecule has 0 bridgehead atoms. The maximum Gasteiger partial charge on any atom is 0.172 e. The lowest BCUT2D eigenvalue weighted by Gasteiger charge is -2.09. The van der Waals surface area contributed by atoms with Crippen LogP contribution in [0, 0.1) is 11.3 Å². The Morgan fingerprint density at radius 3 is 3.05 bits per heavy atom. The number of hydrogen-bond donors (Lipinski definition) is 0. The molecule has 0 N–H and O–H groups in total. The molecule has 0 saturated heterocycles. The molecule has 7 nitrogen and oxygen atoms in total. The minimum Gasteiger partial charge on any atom is -0.241 e. The second-order valence-corrected chi connectivity index (χ2v) is 8.28. The summed E-state index contributed by atoms with van der Waals surface area (Å²) in [5.74, 6) is 0.223. The Kier molecular flexibility index (Phi) is 2.79. The van der Waals surface area contributed by atoms with Gasteiger partial charge in [-0.3, -0.25) is 0 Å². The summed E-state index contributed by atoms with van der Waals surface area (Å²) in [5.41, 5.74) is 2.52. The number of thiazole rings is 1. The molecule has 3 aromatic rings. The Labute approximate surface area is 129 Å². The van der Waals surface area contributed by atoms with Gasteiger partial charge in [0.05, 0.1) is 23.4 Å². The van der Waals surface area contributed by atoms with Gasteiger partial charge in [-0.25, -0.2) is 22.9 Å². The summed E-state index contributed by atoms with van der Waals surface area (Å²) < 4.78 is 24.9. The van der Waals surface area contributed by atoms with Gasteiger partial charge >= 0.3 is 0 Å². The molecule has 0 radical (unpaired) electrons. The van der Waals surface area contributed by atoms with E-state index in [0.717, 1.165) is 21.1 Å². The second kappa shape index (κ2) is 4.59. The van der Waals surface area contributed by atoms with Gasteiger partial charge < -0.3 is 0 Å². The van der Waals surface area contributed by atoms with Gasteiger partial charge in [0.2, 0.25) is 0 Å². The van der Waals surface area contributed by atoms with Crippen LogP contribution in [-0.2, 0) is 22.0 Å². The molecular weight excluding hydrogens is 322 g/mol. The van der Waals surface area contributed by atoms with Crippen molar-refractivity contribution in [3.63, 3.8) is 0 Å². The van der Waals surface area contributed by atoms with Crippen LogP contribution in [0.2, 0.25) is 0 Å². The molecule has 1 aliphatic heterocycles. The summed E-state index contributed by atoms with van der Waals surface area (Å²) in [4.78, 5) is 9.58. The highest BCUT2D eigenvalue weighted by Crippen LogP contribution is 2.32. The molecule has 0 aromatic carbocycles. The van der Waals surface area contributed by atoms with Gasteiger partial charge in [-0.15, -0.1) is 11.3 Å². The first-order valence-corrected chi connectivity index (χ1v) is 9.12. The topological polar surface area (TPSA) is 101 Å². The average Bonchev–Trinajstić information content (AvgIpc) is 3.08. The lowest BCUT2D eigenvalue weighted by atomic mass is 10.3. The number of rotatable bonds is 1. The van der Waals surface area contributed by atoms with E-state index in [9.17, 15) is 8.42 Å². The van der Waals surface area contributed by atoms with Gasteiger partial charge in [0.15, 0.2) is 15.5 Å². The largest absolute Gasteiger partial charge is 0.241 e. The number of aromatic nitrogens is 4. The van der Waals surface area contributed by atoms with Crippen molar-refractivity contribution in [2.24, 2.45) is 0 Å². The number of aryl methyl sites for hydroxylation is 1. The molecule has 1 aliphatic rings. The van der Waals surface area contributed by atoms with Gasteiger partial charge in [0.1, 0.15) is 16.6 Å². The van der Waals surface area contributed by atoms with E-state index in [1.54, 1.807) is 12.4 Å². The number of nitriles is 1.